The number of hydrogen-bond acceptors (Lipinski definition) is 8. The number of nitrogens with one attached hydrogen (secondary N) is 2. The topological polar surface area (TPSA) is 132 Å². The predicted molar refractivity (Wildman–Crippen MR) is 141 cm³/mol. The summed E-state index contributed by atoms with van der Waals surface area (Å²) in [7, 11) is 0. The van der Waals surface area contributed by atoms with Crippen molar-refractivity contribution in [3.63, 3.8) is 0 Å². The smallest absolute Gasteiger partial charge is 0.227 e. The summed E-state index contributed by atoms with van der Waals surface area (Å²) in [5, 5.41) is 29.6. The van der Waals surface area contributed by atoms with Gasteiger partial charge in [-0.05, 0) is 18.4 Å². The van der Waals surface area contributed by atoms with Crippen LogP contribution in [0.2, 0.25) is 5.02 Å². The van der Waals surface area contributed by atoms with Crippen molar-refractivity contribution in [3.8, 4) is 17.3 Å². The Bertz CT molecular complexity index is 1270. The van der Waals surface area contributed by atoms with Crippen LogP contribution in [0.4, 0.5) is 11.6 Å². The standard InChI is InChI=1S/C26H31ClN8O2/c1-26(2,3)24(37)34-12-8-20(9-13-34)35-16-19(14-31-35)32-25-30-15-21(27)22(33-25)17-4-6-18(7-5-17)23(36)29-11-10-28/h4-7,14-16,20,23,29,36H,8-9,11-13H2,1-3H3,(H,30,32,33). The third-order valence-corrected chi connectivity index (χ3v) is 6.52. The molecule has 0 spiro atoms. The van der Waals surface area contributed by atoms with Gasteiger partial charge in [0.25, 0.3) is 0 Å². The molecule has 1 fully saturated rings. The van der Waals surface area contributed by atoms with E-state index < -0.39 is 6.23 Å². The van der Waals surface area contributed by atoms with Crippen molar-refractivity contribution in [2.75, 3.05) is 25.0 Å². The molecular formula is C26H31ClN8O2. The molecule has 1 aromatic carbocycles. The fourth-order valence-corrected chi connectivity index (χ4v) is 4.45. The lowest BCUT2D eigenvalue weighted by Crippen LogP contribution is -2.44. The number of benzene rings is 1. The Labute approximate surface area is 221 Å². The van der Waals surface area contributed by atoms with Crippen LogP contribution in [0, 0.1) is 16.7 Å². The van der Waals surface area contributed by atoms with Gasteiger partial charge in [-0.3, -0.25) is 14.8 Å². The summed E-state index contributed by atoms with van der Waals surface area (Å²) >= 11 is 6.38. The molecule has 3 heterocycles. The summed E-state index contributed by atoms with van der Waals surface area (Å²) in [6.07, 6.45) is 5.95. The number of halogens is 1. The molecule has 10 nitrogen and oxygen atoms in total. The Morgan fingerprint density at radius 3 is 2.59 bits per heavy atom. The fraction of sp³-hybridized carbons (Fsp3) is 0.423. The lowest BCUT2D eigenvalue weighted by Gasteiger charge is -2.35. The van der Waals surface area contributed by atoms with Gasteiger partial charge in [0.1, 0.15) is 6.23 Å². The highest BCUT2D eigenvalue weighted by molar-refractivity contribution is 6.32. The van der Waals surface area contributed by atoms with Crippen LogP contribution in [0.5, 0.6) is 0 Å². The number of likely N-dealkylation sites (tertiary alicyclic amines) is 1. The maximum atomic E-state index is 12.6. The molecule has 0 saturated carbocycles. The van der Waals surface area contributed by atoms with Crippen molar-refractivity contribution in [1.82, 2.24) is 30.0 Å². The van der Waals surface area contributed by atoms with Gasteiger partial charge in [0.05, 0.1) is 47.5 Å². The van der Waals surface area contributed by atoms with E-state index in [1.165, 1.54) is 6.20 Å². The van der Waals surface area contributed by atoms with Gasteiger partial charge in [0.15, 0.2) is 0 Å². The van der Waals surface area contributed by atoms with Gasteiger partial charge in [-0.15, -0.1) is 0 Å². The van der Waals surface area contributed by atoms with Crippen LogP contribution in [0.25, 0.3) is 11.3 Å². The van der Waals surface area contributed by atoms with E-state index >= 15 is 0 Å². The van der Waals surface area contributed by atoms with Crippen LogP contribution >= 0.6 is 11.6 Å². The Balaban J connectivity index is 1.41. The molecule has 3 aromatic rings. The molecule has 11 heteroatoms. The summed E-state index contributed by atoms with van der Waals surface area (Å²) in [5.74, 6) is 0.565. The van der Waals surface area contributed by atoms with Crippen LogP contribution in [0.1, 0.15) is 51.4 Å². The monoisotopic (exact) mass is 522 g/mol. The van der Waals surface area contributed by atoms with E-state index in [9.17, 15) is 9.90 Å². The molecular weight excluding hydrogens is 492 g/mol. The first-order chi connectivity index (χ1) is 17.7. The number of amides is 1. The van der Waals surface area contributed by atoms with Crippen molar-refractivity contribution in [2.24, 2.45) is 5.41 Å². The molecule has 3 N–H and O–H groups in total. The Morgan fingerprint density at radius 2 is 1.95 bits per heavy atom. The highest BCUT2D eigenvalue weighted by Crippen LogP contribution is 2.29. The van der Waals surface area contributed by atoms with E-state index in [2.05, 4.69) is 25.7 Å². The second-order valence-corrected chi connectivity index (χ2v) is 10.5. The van der Waals surface area contributed by atoms with Crippen LogP contribution in [-0.4, -0.2) is 55.3 Å². The number of aromatic nitrogens is 4. The normalized spacial score (nSPS) is 15.3. The van der Waals surface area contributed by atoms with Gasteiger partial charge < -0.3 is 15.3 Å². The Kier molecular flexibility index (Phi) is 8.07. The molecule has 0 radical (unpaired) electrons. The first-order valence-electron chi connectivity index (χ1n) is 12.2. The minimum atomic E-state index is -0.936. The van der Waals surface area contributed by atoms with Crippen molar-refractivity contribution in [2.45, 2.75) is 45.9 Å². The number of hydrogen-bond donors (Lipinski definition) is 3. The van der Waals surface area contributed by atoms with Gasteiger partial charge >= 0.3 is 0 Å². The predicted octanol–water partition coefficient (Wildman–Crippen LogP) is 4.05. The average molecular weight is 523 g/mol. The van der Waals surface area contributed by atoms with Crippen LogP contribution in [-0.2, 0) is 4.79 Å². The maximum Gasteiger partial charge on any atom is 0.227 e. The molecule has 4 rings (SSSR count). The molecule has 37 heavy (non-hydrogen) atoms. The van der Waals surface area contributed by atoms with Gasteiger partial charge in [-0.25, -0.2) is 9.97 Å². The summed E-state index contributed by atoms with van der Waals surface area (Å²) < 4.78 is 1.93. The number of rotatable bonds is 7. The molecule has 194 valence electrons. The van der Waals surface area contributed by atoms with E-state index in [0.717, 1.165) is 37.2 Å². The zero-order valence-electron chi connectivity index (χ0n) is 21.1. The van der Waals surface area contributed by atoms with Gasteiger partial charge in [0, 0.05) is 30.3 Å². The van der Waals surface area contributed by atoms with Crippen molar-refractivity contribution >= 4 is 29.1 Å². The first kappa shape index (κ1) is 26.5. The molecule has 1 unspecified atom stereocenters. The number of carbonyl (C=O) groups excluding carboxylic acids is 1. The van der Waals surface area contributed by atoms with E-state index in [-0.39, 0.29) is 23.9 Å². The summed E-state index contributed by atoms with van der Waals surface area (Å²) in [6.45, 7) is 7.34. The third-order valence-electron chi connectivity index (χ3n) is 6.24. The van der Waals surface area contributed by atoms with Gasteiger partial charge in [-0.2, -0.15) is 10.4 Å². The zero-order chi connectivity index (χ0) is 26.6. The Hall–Kier alpha value is -3.52. The number of nitriles is 1. The maximum absolute atomic E-state index is 12.6. The largest absolute Gasteiger partial charge is 0.374 e. The molecule has 1 aliphatic heterocycles. The number of aliphatic hydroxyl groups excluding tert-OH is 1. The molecule has 1 saturated heterocycles. The number of anilines is 2. The highest BCUT2D eigenvalue weighted by Gasteiger charge is 2.31. The molecule has 1 aliphatic rings. The van der Waals surface area contributed by atoms with E-state index in [1.807, 2.05) is 42.6 Å². The van der Waals surface area contributed by atoms with Crippen LogP contribution in [0.15, 0.2) is 42.9 Å². The fourth-order valence-electron chi connectivity index (χ4n) is 4.25. The van der Waals surface area contributed by atoms with Gasteiger partial charge in [-0.1, -0.05) is 56.6 Å². The molecule has 0 bridgehead atoms. The number of nitrogens with zero attached hydrogens (tertiary/aromatic N) is 6. The lowest BCUT2D eigenvalue weighted by molar-refractivity contribution is -0.140. The third kappa shape index (κ3) is 6.43. The SMILES string of the molecule is CC(C)(C)C(=O)N1CCC(n2cc(Nc3ncc(Cl)c(-c4ccc(C(O)NCC#N)cc4)n3)cn2)CC1. The second kappa shape index (κ2) is 11.3. The first-order valence-corrected chi connectivity index (χ1v) is 12.6. The average Bonchev–Trinajstić information content (AvgIpc) is 3.36. The number of aliphatic hydroxyl groups is 1. The molecule has 1 amide bonds. The highest BCUT2D eigenvalue weighted by atomic mass is 35.5. The lowest BCUT2D eigenvalue weighted by atomic mass is 9.93. The minimum Gasteiger partial charge on any atom is -0.374 e. The minimum absolute atomic E-state index is 0.0440. The zero-order valence-corrected chi connectivity index (χ0v) is 21.9. The van der Waals surface area contributed by atoms with Crippen molar-refractivity contribution in [3.05, 3.63) is 53.4 Å². The number of carbonyl (C=O) groups is 1. The molecule has 0 aliphatic carbocycles. The Morgan fingerprint density at radius 1 is 1.24 bits per heavy atom. The molecule has 1 atom stereocenters. The summed E-state index contributed by atoms with van der Waals surface area (Å²) in [6, 6.07) is 9.27. The number of piperidine rings is 1. The van der Waals surface area contributed by atoms with Gasteiger partial charge in [0.2, 0.25) is 11.9 Å². The quantitative estimate of drug-likeness (QED) is 0.313. The summed E-state index contributed by atoms with van der Waals surface area (Å²) in [5.41, 5.74) is 2.32. The van der Waals surface area contributed by atoms with Crippen LogP contribution in [0.3, 0.4) is 0 Å². The molecule has 2 aromatic heterocycles. The van der Waals surface area contributed by atoms with E-state index in [4.69, 9.17) is 16.9 Å². The summed E-state index contributed by atoms with van der Waals surface area (Å²) in [4.78, 5) is 23.4. The van der Waals surface area contributed by atoms with Crippen LogP contribution < -0.4 is 10.6 Å². The van der Waals surface area contributed by atoms with Crippen molar-refractivity contribution in [1.29, 1.82) is 5.26 Å². The van der Waals surface area contributed by atoms with E-state index in [1.54, 1.807) is 30.5 Å². The second-order valence-electron chi connectivity index (χ2n) is 10.1. The van der Waals surface area contributed by atoms with E-state index in [0.29, 0.717) is 22.2 Å². The van der Waals surface area contributed by atoms with Crippen molar-refractivity contribution < 1.29 is 9.90 Å².